The Kier molecular flexibility index (Phi) is 5.95. The van der Waals surface area contributed by atoms with Gasteiger partial charge in [0.05, 0.1) is 12.1 Å². The topological polar surface area (TPSA) is 42.4 Å². The van der Waals surface area contributed by atoms with Gasteiger partial charge in [-0.2, -0.15) is 0 Å². The first-order valence-corrected chi connectivity index (χ1v) is 8.34. The molecule has 4 nitrogen and oxygen atoms in total. The number of carbonyl (C=O) groups is 1. The lowest BCUT2D eigenvalue weighted by atomic mass is 10.1. The number of methoxy groups -OCH3 is 1. The van der Waals surface area contributed by atoms with Gasteiger partial charge in [-0.15, -0.1) is 11.3 Å². The van der Waals surface area contributed by atoms with Crippen molar-refractivity contribution >= 4 is 17.2 Å². The number of unbranched alkanes of at least 4 members (excludes halogenated alkanes) is 1. The number of rotatable bonds is 7. The van der Waals surface area contributed by atoms with Crippen LogP contribution in [0.2, 0.25) is 0 Å². The lowest BCUT2D eigenvalue weighted by Gasteiger charge is -2.14. The van der Waals surface area contributed by atoms with Gasteiger partial charge in [-0.1, -0.05) is 25.5 Å². The molecule has 1 amide bonds. The summed E-state index contributed by atoms with van der Waals surface area (Å²) in [6.07, 6.45) is 2.84. The van der Waals surface area contributed by atoms with E-state index in [9.17, 15) is 4.79 Å². The fourth-order valence-electron chi connectivity index (χ4n) is 2.10. The Hall–Kier alpha value is -1.88. The minimum Gasteiger partial charge on any atom is -0.497 e. The lowest BCUT2D eigenvalue weighted by molar-refractivity contribution is 0.0788. The van der Waals surface area contributed by atoms with Gasteiger partial charge in [0.25, 0.3) is 5.91 Å². The molecule has 1 heterocycles. The summed E-state index contributed by atoms with van der Waals surface area (Å²) in [5.74, 6) is 0.849. The molecule has 0 spiro atoms. The molecular formula is C17H22N2O2S. The van der Waals surface area contributed by atoms with E-state index in [0.717, 1.165) is 42.1 Å². The summed E-state index contributed by atoms with van der Waals surface area (Å²) in [4.78, 5) is 18.5. The molecule has 0 saturated heterocycles. The maximum absolute atomic E-state index is 12.3. The van der Waals surface area contributed by atoms with Gasteiger partial charge in [-0.05, 0) is 24.1 Å². The zero-order chi connectivity index (χ0) is 15.9. The van der Waals surface area contributed by atoms with Crippen LogP contribution in [-0.4, -0.2) is 36.5 Å². The second-order valence-electron chi connectivity index (χ2n) is 5.23. The van der Waals surface area contributed by atoms with E-state index in [4.69, 9.17) is 4.74 Å². The van der Waals surface area contributed by atoms with Crippen LogP contribution in [0, 0.1) is 0 Å². The van der Waals surface area contributed by atoms with E-state index in [0.29, 0.717) is 5.69 Å². The Labute approximate surface area is 135 Å². The van der Waals surface area contributed by atoms with Gasteiger partial charge >= 0.3 is 0 Å². The van der Waals surface area contributed by atoms with Crippen LogP contribution in [0.25, 0.3) is 0 Å². The van der Waals surface area contributed by atoms with Crippen molar-refractivity contribution in [3.05, 3.63) is 45.9 Å². The summed E-state index contributed by atoms with van der Waals surface area (Å²) in [6, 6.07) is 7.92. The Bertz CT molecular complexity index is 607. The highest BCUT2D eigenvalue weighted by molar-refractivity contribution is 7.09. The van der Waals surface area contributed by atoms with Crippen LogP contribution >= 0.6 is 11.3 Å². The number of amides is 1. The van der Waals surface area contributed by atoms with Crippen molar-refractivity contribution in [1.29, 1.82) is 0 Å². The Morgan fingerprint density at radius 1 is 1.32 bits per heavy atom. The maximum Gasteiger partial charge on any atom is 0.273 e. The number of thiazole rings is 1. The molecule has 0 aliphatic carbocycles. The van der Waals surface area contributed by atoms with Gasteiger partial charge in [-0.3, -0.25) is 4.79 Å². The molecular weight excluding hydrogens is 296 g/mol. The standard InChI is InChI=1S/C17H22N2O2S/c1-4-5-10-19(2)17(20)15-12-22-16(18-15)11-13-6-8-14(21-3)9-7-13/h6-9,12H,4-5,10-11H2,1-3H3. The van der Waals surface area contributed by atoms with E-state index < -0.39 is 0 Å². The zero-order valence-electron chi connectivity index (χ0n) is 13.3. The molecule has 2 aromatic rings. The molecule has 0 saturated carbocycles. The van der Waals surface area contributed by atoms with E-state index >= 15 is 0 Å². The van der Waals surface area contributed by atoms with Gasteiger partial charge < -0.3 is 9.64 Å². The normalized spacial score (nSPS) is 10.5. The predicted octanol–water partition coefficient (Wildman–Crippen LogP) is 3.61. The fourth-order valence-corrected chi connectivity index (χ4v) is 2.90. The van der Waals surface area contributed by atoms with Crippen LogP contribution in [0.4, 0.5) is 0 Å². The van der Waals surface area contributed by atoms with Crippen LogP contribution < -0.4 is 4.74 Å². The number of carbonyl (C=O) groups excluding carboxylic acids is 1. The molecule has 2 rings (SSSR count). The Morgan fingerprint density at radius 2 is 2.05 bits per heavy atom. The first-order valence-electron chi connectivity index (χ1n) is 7.46. The summed E-state index contributed by atoms with van der Waals surface area (Å²) in [7, 11) is 3.49. The zero-order valence-corrected chi connectivity index (χ0v) is 14.2. The smallest absolute Gasteiger partial charge is 0.273 e. The van der Waals surface area contributed by atoms with E-state index in [1.54, 1.807) is 12.0 Å². The summed E-state index contributed by atoms with van der Waals surface area (Å²) in [5, 5.41) is 2.81. The molecule has 0 N–H and O–H groups in total. The van der Waals surface area contributed by atoms with E-state index in [2.05, 4.69) is 11.9 Å². The molecule has 22 heavy (non-hydrogen) atoms. The first kappa shape index (κ1) is 16.5. The average Bonchev–Trinajstić information content (AvgIpc) is 3.01. The molecule has 118 valence electrons. The van der Waals surface area contributed by atoms with Crippen molar-refractivity contribution in [3.8, 4) is 5.75 Å². The number of nitrogens with zero attached hydrogens (tertiary/aromatic N) is 2. The third kappa shape index (κ3) is 4.31. The van der Waals surface area contributed by atoms with Gasteiger partial charge in [0, 0.05) is 25.4 Å². The largest absolute Gasteiger partial charge is 0.497 e. The van der Waals surface area contributed by atoms with Gasteiger partial charge in [-0.25, -0.2) is 4.98 Å². The summed E-state index contributed by atoms with van der Waals surface area (Å²) in [6.45, 7) is 2.90. The molecule has 0 aliphatic rings. The Morgan fingerprint density at radius 3 is 2.68 bits per heavy atom. The van der Waals surface area contributed by atoms with Gasteiger partial charge in [0.1, 0.15) is 11.4 Å². The van der Waals surface area contributed by atoms with Gasteiger partial charge in [0.15, 0.2) is 0 Å². The van der Waals surface area contributed by atoms with E-state index in [1.807, 2.05) is 36.7 Å². The monoisotopic (exact) mass is 318 g/mol. The minimum atomic E-state index is 0.00526. The third-order valence-electron chi connectivity index (χ3n) is 3.48. The SMILES string of the molecule is CCCCN(C)C(=O)c1csc(Cc2ccc(OC)cc2)n1. The van der Waals surface area contributed by atoms with E-state index in [1.165, 1.54) is 11.3 Å². The average molecular weight is 318 g/mol. The lowest BCUT2D eigenvalue weighted by Crippen LogP contribution is -2.27. The van der Waals surface area contributed by atoms with Crippen LogP contribution in [0.5, 0.6) is 5.75 Å². The number of aromatic nitrogens is 1. The van der Waals surface area contributed by atoms with Crippen molar-refractivity contribution in [2.24, 2.45) is 0 Å². The second kappa shape index (κ2) is 7.94. The molecule has 1 aromatic heterocycles. The molecule has 0 unspecified atom stereocenters. The summed E-state index contributed by atoms with van der Waals surface area (Å²) >= 11 is 1.53. The van der Waals surface area contributed by atoms with Crippen molar-refractivity contribution in [1.82, 2.24) is 9.88 Å². The molecule has 5 heteroatoms. The predicted molar refractivity (Wildman–Crippen MR) is 89.8 cm³/mol. The highest BCUT2D eigenvalue weighted by atomic mass is 32.1. The van der Waals surface area contributed by atoms with Crippen molar-refractivity contribution in [3.63, 3.8) is 0 Å². The van der Waals surface area contributed by atoms with Gasteiger partial charge in [0.2, 0.25) is 0 Å². The van der Waals surface area contributed by atoms with Crippen LogP contribution in [0.15, 0.2) is 29.6 Å². The number of hydrogen-bond acceptors (Lipinski definition) is 4. The minimum absolute atomic E-state index is 0.00526. The highest BCUT2D eigenvalue weighted by Gasteiger charge is 2.15. The fraction of sp³-hybridized carbons (Fsp3) is 0.412. The van der Waals surface area contributed by atoms with Crippen molar-refractivity contribution in [2.45, 2.75) is 26.2 Å². The van der Waals surface area contributed by atoms with Crippen LogP contribution in [0.1, 0.15) is 40.8 Å². The van der Waals surface area contributed by atoms with Crippen LogP contribution in [-0.2, 0) is 6.42 Å². The first-order chi connectivity index (χ1) is 10.6. The van der Waals surface area contributed by atoms with Crippen molar-refractivity contribution < 1.29 is 9.53 Å². The Balaban J connectivity index is 1.99. The van der Waals surface area contributed by atoms with Crippen molar-refractivity contribution in [2.75, 3.05) is 20.7 Å². The summed E-state index contributed by atoms with van der Waals surface area (Å²) < 4.78 is 5.15. The second-order valence-corrected chi connectivity index (χ2v) is 6.17. The molecule has 0 fully saturated rings. The molecule has 1 aromatic carbocycles. The third-order valence-corrected chi connectivity index (χ3v) is 4.33. The number of benzene rings is 1. The molecule has 0 bridgehead atoms. The molecule has 0 aliphatic heterocycles. The molecule has 0 radical (unpaired) electrons. The maximum atomic E-state index is 12.3. The van der Waals surface area contributed by atoms with E-state index in [-0.39, 0.29) is 5.91 Å². The number of hydrogen-bond donors (Lipinski definition) is 0. The summed E-state index contributed by atoms with van der Waals surface area (Å²) in [5.41, 5.74) is 1.71. The number of ether oxygens (including phenoxy) is 1. The highest BCUT2D eigenvalue weighted by Crippen LogP contribution is 2.18. The molecule has 0 atom stereocenters. The van der Waals surface area contributed by atoms with Crippen LogP contribution in [0.3, 0.4) is 0 Å². The quantitative estimate of drug-likeness (QED) is 0.783.